The highest BCUT2D eigenvalue weighted by atomic mass is 16.1. The molecule has 3 aromatic rings. The first kappa shape index (κ1) is 20.3. The Labute approximate surface area is 169 Å². The van der Waals surface area contributed by atoms with Gasteiger partial charge in [0.1, 0.15) is 0 Å². The molecular formula is C23H24N4O2. The van der Waals surface area contributed by atoms with Gasteiger partial charge in [0.05, 0.1) is 17.7 Å². The van der Waals surface area contributed by atoms with Crippen LogP contribution in [0.4, 0.5) is 0 Å². The summed E-state index contributed by atoms with van der Waals surface area (Å²) < 4.78 is 0. The molecule has 1 amide bonds. The third-order valence-electron chi connectivity index (χ3n) is 4.89. The van der Waals surface area contributed by atoms with E-state index in [9.17, 15) is 9.59 Å². The lowest BCUT2D eigenvalue weighted by Gasteiger charge is -2.12. The largest absolute Gasteiger partial charge is 0.360 e. The van der Waals surface area contributed by atoms with Gasteiger partial charge in [0.2, 0.25) is 0 Å². The van der Waals surface area contributed by atoms with Crippen LogP contribution in [-0.4, -0.2) is 35.8 Å². The number of nitriles is 1. The lowest BCUT2D eigenvalue weighted by atomic mass is 10.0. The molecule has 3 rings (SSSR count). The second-order valence-electron chi connectivity index (χ2n) is 6.92. The Morgan fingerprint density at radius 1 is 1.17 bits per heavy atom. The third kappa shape index (κ3) is 4.71. The molecule has 29 heavy (non-hydrogen) atoms. The van der Waals surface area contributed by atoms with Gasteiger partial charge in [-0.25, -0.2) is 0 Å². The number of hydrogen-bond donors (Lipinski definition) is 3. The molecule has 1 aromatic heterocycles. The number of benzene rings is 2. The number of H-pyrrole nitrogens is 1. The van der Waals surface area contributed by atoms with Gasteiger partial charge in [-0.15, -0.1) is 0 Å². The predicted molar refractivity (Wildman–Crippen MR) is 113 cm³/mol. The summed E-state index contributed by atoms with van der Waals surface area (Å²) in [5, 5.41) is 15.7. The van der Waals surface area contributed by atoms with Crippen molar-refractivity contribution in [1.29, 1.82) is 5.26 Å². The van der Waals surface area contributed by atoms with E-state index in [1.54, 1.807) is 30.5 Å². The molecule has 0 aliphatic heterocycles. The second kappa shape index (κ2) is 9.18. The smallest absolute Gasteiger partial charge is 0.251 e. The number of carbonyl (C=O) groups excluding carboxylic acids is 2. The summed E-state index contributed by atoms with van der Waals surface area (Å²) in [5.74, 6) is -0.128. The van der Waals surface area contributed by atoms with Gasteiger partial charge < -0.3 is 15.6 Å². The molecular weight excluding hydrogens is 364 g/mol. The highest BCUT2D eigenvalue weighted by Crippen LogP contribution is 2.21. The minimum Gasteiger partial charge on any atom is -0.360 e. The molecule has 3 N–H and O–H groups in total. The summed E-state index contributed by atoms with van der Waals surface area (Å²) in [6, 6.07) is 14.5. The van der Waals surface area contributed by atoms with Crippen molar-refractivity contribution in [2.24, 2.45) is 0 Å². The van der Waals surface area contributed by atoms with E-state index >= 15 is 0 Å². The molecule has 2 aromatic carbocycles. The van der Waals surface area contributed by atoms with Crippen LogP contribution < -0.4 is 10.6 Å². The monoisotopic (exact) mass is 388 g/mol. The number of nitrogens with zero attached hydrogens (tertiary/aromatic N) is 1. The highest BCUT2D eigenvalue weighted by Gasteiger charge is 2.19. The van der Waals surface area contributed by atoms with Crippen molar-refractivity contribution in [2.75, 3.05) is 13.1 Å². The van der Waals surface area contributed by atoms with Crippen LogP contribution in [0.2, 0.25) is 0 Å². The number of ketones is 1. The van der Waals surface area contributed by atoms with E-state index < -0.39 is 0 Å². The van der Waals surface area contributed by atoms with Gasteiger partial charge in [0.15, 0.2) is 5.78 Å². The third-order valence-corrected chi connectivity index (χ3v) is 4.89. The SMILES string of the molecule is CCNC(=O)c1ccc2c(C(=O)C(C)NCCc3ccc(C#N)cc3)c[nH]c2c1. The van der Waals surface area contributed by atoms with E-state index in [2.05, 4.69) is 21.7 Å². The van der Waals surface area contributed by atoms with Crippen molar-refractivity contribution in [3.05, 3.63) is 70.9 Å². The Morgan fingerprint density at radius 3 is 2.62 bits per heavy atom. The molecule has 0 fully saturated rings. The lowest BCUT2D eigenvalue weighted by molar-refractivity contribution is 0.0947. The van der Waals surface area contributed by atoms with Crippen molar-refractivity contribution in [3.8, 4) is 6.07 Å². The Morgan fingerprint density at radius 2 is 1.93 bits per heavy atom. The van der Waals surface area contributed by atoms with Crippen LogP contribution in [0.15, 0.2) is 48.7 Å². The van der Waals surface area contributed by atoms with E-state index in [1.807, 2.05) is 32.0 Å². The summed E-state index contributed by atoms with van der Waals surface area (Å²) in [6.07, 6.45) is 2.47. The van der Waals surface area contributed by atoms with Gasteiger partial charge in [0, 0.05) is 34.8 Å². The van der Waals surface area contributed by atoms with Crippen LogP contribution in [0, 0.1) is 11.3 Å². The van der Waals surface area contributed by atoms with Gasteiger partial charge >= 0.3 is 0 Å². The molecule has 148 valence electrons. The molecule has 0 aliphatic carbocycles. The van der Waals surface area contributed by atoms with Gasteiger partial charge in [-0.05, 0) is 56.6 Å². The summed E-state index contributed by atoms with van der Waals surface area (Å²) in [4.78, 5) is 28.0. The molecule has 0 saturated carbocycles. The number of fused-ring (bicyclic) bond motifs is 1. The van der Waals surface area contributed by atoms with Gasteiger partial charge in [-0.2, -0.15) is 5.26 Å². The molecule has 0 aliphatic rings. The van der Waals surface area contributed by atoms with E-state index in [0.29, 0.717) is 29.8 Å². The van der Waals surface area contributed by atoms with E-state index in [4.69, 9.17) is 5.26 Å². The first-order valence-corrected chi connectivity index (χ1v) is 9.69. The summed E-state index contributed by atoms with van der Waals surface area (Å²) >= 11 is 0. The Balaban J connectivity index is 1.63. The van der Waals surface area contributed by atoms with Gasteiger partial charge in [-0.3, -0.25) is 9.59 Å². The maximum atomic E-state index is 12.9. The van der Waals surface area contributed by atoms with Crippen LogP contribution >= 0.6 is 0 Å². The summed E-state index contributed by atoms with van der Waals surface area (Å²) in [6.45, 7) is 4.94. The molecule has 1 heterocycles. The van der Waals surface area contributed by atoms with Crippen LogP contribution in [-0.2, 0) is 6.42 Å². The fourth-order valence-electron chi connectivity index (χ4n) is 3.24. The molecule has 0 spiro atoms. The zero-order chi connectivity index (χ0) is 20.8. The zero-order valence-corrected chi connectivity index (χ0v) is 16.6. The second-order valence-corrected chi connectivity index (χ2v) is 6.92. The van der Waals surface area contributed by atoms with Crippen molar-refractivity contribution in [1.82, 2.24) is 15.6 Å². The molecule has 6 heteroatoms. The van der Waals surface area contributed by atoms with E-state index in [0.717, 1.165) is 22.9 Å². The number of Topliss-reactive ketones (excluding diaryl/α,β-unsaturated/α-hetero) is 1. The topological polar surface area (TPSA) is 97.8 Å². The fraction of sp³-hybridized carbons (Fsp3) is 0.261. The predicted octanol–water partition coefficient (Wildman–Crippen LogP) is 3.19. The van der Waals surface area contributed by atoms with Crippen LogP contribution in [0.25, 0.3) is 10.9 Å². The minimum atomic E-state index is -0.338. The molecule has 1 unspecified atom stereocenters. The maximum absolute atomic E-state index is 12.9. The number of aromatic nitrogens is 1. The number of amides is 1. The maximum Gasteiger partial charge on any atom is 0.251 e. The Bertz CT molecular complexity index is 1060. The number of hydrogen-bond acceptors (Lipinski definition) is 4. The quantitative estimate of drug-likeness (QED) is 0.516. The minimum absolute atomic E-state index is 0.00170. The van der Waals surface area contributed by atoms with E-state index in [1.165, 1.54) is 0 Å². The number of rotatable bonds is 8. The summed E-state index contributed by atoms with van der Waals surface area (Å²) in [5.41, 5.74) is 3.69. The van der Waals surface area contributed by atoms with Crippen LogP contribution in [0.3, 0.4) is 0 Å². The molecule has 0 saturated heterocycles. The van der Waals surface area contributed by atoms with Crippen molar-refractivity contribution in [3.63, 3.8) is 0 Å². The first-order valence-electron chi connectivity index (χ1n) is 9.69. The standard InChI is InChI=1S/C23H24N4O2/c1-3-25-23(29)18-8-9-19-20(14-27-21(19)12-18)22(28)15(2)26-11-10-16-4-6-17(13-24)7-5-16/h4-9,12,14-15,26-27H,3,10-11H2,1-2H3,(H,25,29). The molecule has 1 atom stereocenters. The fourth-order valence-corrected chi connectivity index (χ4v) is 3.24. The van der Waals surface area contributed by atoms with Crippen LogP contribution in [0.1, 0.15) is 45.7 Å². The van der Waals surface area contributed by atoms with E-state index in [-0.39, 0.29) is 17.7 Å². The van der Waals surface area contributed by atoms with Crippen molar-refractivity contribution < 1.29 is 9.59 Å². The summed E-state index contributed by atoms with van der Waals surface area (Å²) in [7, 11) is 0. The number of nitrogens with one attached hydrogen (secondary N) is 3. The van der Waals surface area contributed by atoms with Gasteiger partial charge in [0.25, 0.3) is 5.91 Å². The lowest BCUT2D eigenvalue weighted by Crippen LogP contribution is -2.35. The number of carbonyl (C=O) groups is 2. The molecule has 0 bridgehead atoms. The highest BCUT2D eigenvalue weighted by molar-refractivity contribution is 6.11. The molecule has 6 nitrogen and oxygen atoms in total. The zero-order valence-electron chi connectivity index (χ0n) is 16.6. The van der Waals surface area contributed by atoms with Crippen LogP contribution in [0.5, 0.6) is 0 Å². The van der Waals surface area contributed by atoms with Crippen molar-refractivity contribution >= 4 is 22.6 Å². The molecule has 0 radical (unpaired) electrons. The average molecular weight is 388 g/mol. The Kier molecular flexibility index (Phi) is 6.43. The van der Waals surface area contributed by atoms with Gasteiger partial charge in [-0.1, -0.05) is 18.2 Å². The Hall–Kier alpha value is -3.43. The van der Waals surface area contributed by atoms with Crippen molar-refractivity contribution in [2.45, 2.75) is 26.3 Å². The first-order chi connectivity index (χ1) is 14.0. The normalized spacial score (nSPS) is 11.8. The average Bonchev–Trinajstić information content (AvgIpc) is 3.17. The number of aromatic amines is 1.